The van der Waals surface area contributed by atoms with Gasteiger partial charge in [0.1, 0.15) is 11.6 Å². The van der Waals surface area contributed by atoms with E-state index in [1.807, 2.05) is 36.4 Å². The predicted octanol–water partition coefficient (Wildman–Crippen LogP) is 6.93. The van der Waals surface area contributed by atoms with Gasteiger partial charge >= 0.3 is 5.97 Å². The number of benzene rings is 3. The number of likely N-dealkylation sites (tertiary alicyclic amines) is 1. The fourth-order valence-electron chi connectivity index (χ4n) is 5.93. The van der Waals surface area contributed by atoms with Crippen molar-refractivity contribution in [1.29, 1.82) is 0 Å². The second-order valence-corrected chi connectivity index (χ2v) is 11.0. The van der Waals surface area contributed by atoms with Crippen LogP contribution in [0.25, 0.3) is 44.5 Å². The molecule has 7 rings (SSSR count). The highest BCUT2D eigenvalue weighted by Crippen LogP contribution is 2.38. The van der Waals surface area contributed by atoms with Crippen LogP contribution in [0.3, 0.4) is 0 Å². The Morgan fingerprint density at radius 1 is 1.02 bits per heavy atom. The van der Waals surface area contributed by atoms with Crippen molar-refractivity contribution in [3.63, 3.8) is 0 Å². The monoisotopic (exact) mass is 575 g/mol. The first kappa shape index (κ1) is 26.9. The number of nitrogens with one attached hydrogen (secondary N) is 1. The number of nitrogens with zero attached hydrogens (tertiary/aromatic N) is 3. The molecule has 9 heteroatoms. The number of esters is 1. The number of halogens is 1. The van der Waals surface area contributed by atoms with Gasteiger partial charge in [0.15, 0.2) is 0 Å². The third kappa shape index (κ3) is 5.12. The summed E-state index contributed by atoms with van der Waals surface area (Å²) < 4.78 is 24.2. The Hall–Kier alpha value is -5.02. The van der Waals surface area contributed by atoms with E-state index in [0.717, 1.165) is 71.7 Å². The van der Waals surface area contributed by atoms with Crippen LogP contribution < -0.4 is 5.73 Å². The van der Waals surface area contributed by atoms with Crippen LogP contribution in [-0.2, 0) is 11.3 Å². The minimum atomic E-state index is -0.639. The molecule has 0 bridgehead atoms. The van der Waals surface area contributed by atoms with E-state index in [1.54, 1.807) is 6.07 Å². The minimum absolute atomic E-state index is 0.0468. The molecule has 6 aromatic rings. The average Bonchev–Trinajstić information content (AvgIpc) is 3.61. The molecule has 3 aromatic carbocycles. The molecule has 0 radical (unpaired) electrons. The van der Waals surface area contributed by atoms with Gasteiger partial charge in [-0.1, -0.05) is 54.6 Å². The number of methoxy groups -OCH3 is 1. The molecule has 0 atom stereocenters. The molecular formula is C34H30FN5O3. The molecule has 0 amide bonds. The van der Waals surface area contributed by atoms with E-state index in [0.29, 0.717) is 11.3 Å². The Bertz CT molecular complexity index is 1940. The molecule has 0 unspecified atom stereocenters. The summed E-state index contributed by atoms with van der Waals surface area (Å²) in [7, 11) is 1.29. The van der Waals surface area contributed by atoms with E-state index in [4.69, 9.17) is 24.9 Å². The normalized spacial score (nSPS) is 14.5. The maximum atomic E-state index is 13.6. The summed E-state index contributed by atoms with van der Waals surface area (Å²) in [6.07, 6.45) is 1.98. The number of furan rings is 1. The van der Waals surface area contributed by atoms with Gasteiger partial charge in [0.2, 0.25) is 11.5 Å². The lowest BCUT2D eigenvalue weighted by molar-refractivity contribution is 0.0569. The maximum absolute atomic E-state index is 13.6. The van der Waals surface area contributed by atoms with Crippen molar-refractivity contribution in [3.05, 3.63) is 102 Å². The van der Waals surface area contributed by atoms with Crippen LogP contribution in [0.2, 0.25) is 0 Å². The Morgan fingerprint density at radius 2 is 1.79 bits per heavy atom. The second-order valence-electron chi connectivity index (χ2n) is 11.0. The molecule has 3 aromatic heterocycles. The van der Waals surface area contributed by atoms with E-state index in [2.05, 4.69) is 34.1 Å². The van der Waals surface area contributed by atoms with Gasteiger partial charge < -0.3 is 19.9 Å². The minimum Gasteiger partial charge on any atom is -0.463 e. The SMILES string of the molecule is COC(=O)c1oc2nc(-c3ccc(CN4CCC(c5nc6ccc(F)cc6[nH]5)CC4)cc3)c(-c3ccccc3)cc2c1N. The molecule has 0 spiro atoms. The lowest BCUT2D eigenvalue weighted by atomic mass is 9.95. The van der Waals surface area contributed by atoms with Crippen molar-refractivity contribution in [2.45, 2.75) is 25.3 Å². The van der Waals surface area contributed by atoms with Crippen molar-refractivity contribution in [1.82, 2.24) is 19.9 Å². The van der Waals surface area contributed by atoms with E-state index in [9.17, 15) is 9.18 Å². The van der Waals surface area contributed by atoms with Crippen LogP contribution in [0.5, 0.6) is 0 Å². The summed E-state index contributed by atoms with van der Waals surface area (Å²) in [5, 5.41) is 0.567. The molecular weight excluding hydrogens is 545 g/mol. The lowest BCUT2D eigenvalue weighted by Gasteiger charge is -2.31. The number of imidazole rings is 1. The third-order valence-corrected chi connectivity index (χ3v) is 8.25. The Kier molecular flexibility index (Phi) is 6.87. The first-order valence-electron chi connectivity index (χ1n) is 14.3. The number of hydrogen-bond donors (Lipinski definition) is 2. The molecule has 3 N–H and O–H groups in total. The van der Waals surface area contributed by atoms with Gasteiger partial charge in [0.05, 0.1) is 34.9 Å². The van der Waals surface area contributed by atoms with Gasteiger partial charge in [-0.25, -0.2) is 19.2 Å². The lowest BCUT2D eigenvalue weighted by Crippen LogP contribution is -2.32. The number of piperidine rings is 1. The number of fused-ring (bicyclic) bond motifs is 2. The van der Waals surface area contributed by atoms with Crippen LogP contribution in [0.1, 0.15) is 40.7 Å². The highest BCUT2D eigenvalue weighted by Gasteiger charge is 2.25. The van der Waals surface area contributed by atoms with Gasteiger partial charge in [0, 0.05) is 23.6 Å². The number of anilines is 1. The molecule has 1 aliphatic heterocycles. The molecule has 1 saturated heterocycles. The second kappa shape index (κ2) is 11.0. The van der Waals surface area contributed by atoms with Crippen molar-refractivity contribution in [3.8, 4) is 22.4 Å². The van der Waals surface area contributed by atoms with Crippen LogP contribution in [0.15, 0.2) is 83.3 Å². The Labute approximate surface area is 247 Å². The quantitative estimate of drug-likeness (QED) is 0.207. The Balaban J connectivity index is 1.11. The highest BCUT2D eigenvalue weighted by atomic mass is 19.1. The van der Waals surface area contributed by atoms with Crippen molar-refractivity contribution in [2.24, 2.45) is 0 Å². The predicted molar refractivity (Wildman–Crippen MR) is 164 cm³/mol. The Morgan fingerprint density at radius 3 is 2.53 bits per heavy atom. The fraction of sp³-hybridized carbons (Fsp3) is 0.206. The molecule has 43 heavy (non-hydrogen) atoms. The van der Waals surface area contributed by atoms with Crippen molar-refractivity contribution < 1.29 is 18.3 Å². The van der Waals surface area contributed by atoms with E-state index in [-0.39, 0.29) is 23.0 Å². The number of carbonyl (C=O) groups is 1. The summed E-state index contributed by atoms with van der Waals surface area (Å²) in [6.45, 7) is 2.75. The van der Waals surface area contributed by atoms with Gasteiger partial charge in [0.25, 0.3) is 0 Å². The zero-order chi connectivity index (χ0) is 29.5. The highest BCUT2D eigenvalue weighted by molar-refractivity contribution is 6.04. The third-order valence-electron chi connectivity index (χ3n) is 8.25. The van der Waals surface area contributed by atoms with Gasteiger partial charge in [-0.15, -0.1) is 0 Å². The number of rotatable bonds is 6. The number of nitrogen functional groups attached to an aromatic ring is 1. The smallest absolute Gasteiger partial charge is 0.376 e. The molecule has 1 fully saturated rings. The number of pyridine rings is 1. The van der Waals surface area contributed by atoms with Gasteiger partial charge in [-0.05, 0) is 61.3 Å². The fourth-order valence-corrected chi connectivity index (χ4v) is 5.93. The summed E-state index contributed by atoms with van der Waals surface area (Å²) in [5.41, 5.74) is 13.1. The maximum Gasteiger partial charge on any atom is 0.376 e. The number of carbonyl (C=O) groups excluding carboxylic acids is 1. The van der Waals surface area contributed by atoms with Crippen molar-refractivity contribution in [2.75, 3.05) is 25.9 Å². The number of ether oxygens (including phenoxy) is 1. The van der Waals surface area contributed by atoms with Gasteiger partial charge in [-0.2, -0.15) is 0 Å². The number of aromatic nitrogens is 3. The molecule has 1 aliphatic rings. The number of aromatic amines is 1. The number of hydrogen-bond acceptors (Lipinski definition) is 7. The summed E-state index contributed by atoms with van der Waals surface area (Å²) in [4.78, 5) is 27.5. The van der Waals surface area contributed by atoms with Gasteiger partial charge in [-0.3, -0.25) is 4.90 Å². The van der Waals surface area contributed by atoms with Crippen LogP contribution >= 0.6 is 0 Å². The first-order valence-corrected chi connectivity index (χ1v) is 14.3. The van der Waals surface area contributed by atoms with E-state index < -0.39 is 5.97 Å². The van der Waals surface area contributed by atoms with E-state index >= 15 is 0 Å². The van der Waals surface area contributed by atoms with Crippen LogP contribution in [-0.4, -0.2) is 46.0 Å². The van der Waals surface area contributed by atoms with Crippen LogP contribution in [0.4, 0.5) is 10.1 Å². The average molecular weight is 576 g/mol. The molecule has 0 saturated carbocycles. The number of H-pyrrole nitrogens is 1. The standard InChI is InChI=1S/C34H30FN5O3/c1-42-34(41)31-29(36)26-18-25(21-5-3-2-4-6-21)30(39-33(26)43-31)22-9-7-20(8-10-22)19-40-15-13-23(14-16-40)32-37-27-12-11-24(35)17-28(27)38-32/h2-12,17-18,23H,13-16,19,36H2,1H3,(H,37,38). The van der Waals surface area contributed by atoms with E-state index in [1.165, 1.54) is 24.8 Å². The first-order chi connectivity index (χ1) is 21.0. The summed E-state index contributed by atoms with van der Waals surface area (Å²) in [5.74, 6) is 0.339. The summed E-state index contributed by atoms with van der Waals surface area (Å²) in [6, 6.07) is 25.0. The van der Waals surface area contributed by atoms with Crippen LogP contribution in [0, 0.1) is 5.82 Å². The zero-order valence-electron chi connectivity index (χ0n) is 23.6. The molecule has 0 aliphatic carbocycles. The topological polar surface area (TPSA) is 110 Å². The largest absolute Gasteiger partial charge is 0.463 e. The molecule has 4 heterocycles. The molecule has 216 valence electrons. The zero-order valence-corrected chi connectivity index (χ0v) is 23.6. The molecule has 8 nitrogen and oxygen atoms in total. The summed E-state index contributed by atoms with van der Waals surface area (Å²) >= 11 is 0. The van der Waals surface area contributed by atoms with Crippen molar-refractivity contribution >= 4 is 33.8 Å². The number of nitrogens with two attached hydrogens (primary N) is 1.